The molecular weight excluding hydrogens is 294 g/mol. The smallest absolute Gasteiger partial charge is 0.141 e. The fraction of sp³-hybridized carbons (Fsp3) is 0.182. The minimum absolute atomic E-state index is 0.114. The summed E-state index contributed by atoms with van der Waals surface area (Å²) in [5, 5.41) is 5.17. The molecule has 0 unspecified atom stereocenters. The number of alkyl halides is 1. The van der Waals surface area contributed by atoms with Gasteiger partial charge in [-0.1, -0.05) is 27.5 Å². The number of hydrogen-bond donors (Lipinski definition) is 0. The van der Waals surface area contributed by atoms with Gasteiger partial charge in [0.25, 0.3) is 0 Å². The first-order valence-corrected chi connectivity index (χ1v) is 6.16. The highest BCUT2D eigenvalue weighted by atomic mass is 79.9. The van der Waals surface area contributed by atoms with Gasteiger partial charge in [-0.05, 0) is 24.3 Å². The van der Waals surface area contributed by atoms with Gasteiger partial charge in [0.15, 0.2) is 0 Å². The van der Waals surface area contributed by atoms with Crippen LogP contribution in [0, 0.1) is 5.82 Å². The maximum absolute atomic E-state index is 13.0. The molecule has 0 atom stereocenters. The minimum atomic E-state index is -0.415. The highest BCUT2D eigenvalue weighted by molar-refractivity contribution is 9.08. The van der Waals surface area contributed by atoms with Crippen LogP contribution in [-0.4, -0.2) is 9.78 Å². The lowest BCUT2D eigenvalue weighted by molar-refractivity contribution is 0.628. The van der Waals surface area contributed by atoms with E-state index in [1.165, 1.54) is 6.07 Å². The third-order valence-corrected chi connectivity index (χ3v) is 3.19. The van der Waals surface area contributed by atoms with Crippen molar-refractivity contribution in [3.05, 3.63) is 40.8 Å². The third-order valence-electron chi connectivity index (χ3n) is 2.33. The lowest BCUT2D eigenvalue weighted by atomic mass is 10.1. The number of aryl methyl sites for hydroxylation is 1. The van der Waals surface area contributed by atoms with Crippen molar-refractivity contribution in [1.29, 1.82) is 0 Å². The van der Waals surface area contributed by atoms with Crippen LogP contribution in [0.3, 0.4) is 0 Å². The van der Waals surface area contributed by atoms with E-state index in [0.717, 1.165) is 22.3 Å². The molecule has 0 saturated heterocycles. The molecular formula is C11H9BrClFN2. The van der Waals surface area contributed by atoms with E-state index in [2.05, 4.69) is 21.0 Å². The van der Waals surface area contributed by atoms with Gasteiger partial charge in [-0.3, -0.25) is 4.68 Å². The molecule has 0 saturated carbocycles. The first-order valence-electron chi connectivity index (χ1n) is 4.66. The van der Waals surface area contributed by atoms with Crippen molar-refractivity contribution in [2.45, 2.75) is 5.33 Å². The molecule has 1 aromatic carbocycles. The molecule has 1 heterocycles. The summed E-state index contributed by atoms with van der Waals surface area (Å²) < 4.78 is 14.8. The molecule has 0 bridgehead atoms. The molecule has 0 aliphatic heterocycles. The van der Waals surface area contributed by atoms with Crippen LogP contribution in [0.4, 0.5) is 4.39 Å². The highest BCUT2D eigenvalue weighted by Crippen LogP contribution is 2.24. The monoisotopic (exact) mass is 302 g/mol. The summed E-state index contributed by atoms with van der Waals surface area (Å²) in [6.45, 7) is 0. The zero-order valence-electron chi connectivity index (χ0n) is 8.54. The second kappa shape index (κ2) is 4.55. The Labute approximate surface area is 106 Å². The largest absolute Gasteiger partial charge is 0.271 e. The number of nitrogens with zero attached hydrogens (tertiary/aromatic N) is 2. The zero-order chi connectivity index (χ0) is 11.7. The van der Waals surface area contributed by atoms with Gasteiger partial charge in [-0.15, -0.1) is 0 Å². The van der Waals surface area contributed by atoms with Crippen molar-refractivity contribution in [1.82, 2.24) is 9.78 Å². The highest BCUT2D eigenvalue weighted by Gasteiger charge is 2.08. The Morgan fingerprint density at radius 1 is 1.44 bits per heavy atom. The maximum atomic E-state index is 13.0. The first kappa shape index (κ1) is 11.6. The number of aromatic nitrogens is 2. The Kier molecular flexibility index (Phi) is 3.30. The summed E-state index contributed by atoms with van der Waals surface area (Å²) in [7, 11) is 1.87. The lowest BCUT2D eigenvalue weighted by Gasteiger charge is -1.98. The Morgan fingerprint density at radius 3 is 2.75 bits per heavy atom. The summed E-state index contributed by atoms with van der Waals surface area (Å²) in [4.78, 5) is 0. The molecule has 16 heavy (non-hydrogen) atoms. The van der Waals surface area contributed by atoms with Gasteiger partial charge in [0.05, 0.1) is 10.7 Å². The van der Waals surface area contributed by atoms with Crippen molar-refractivity contribution in [2.75, 3.05) is 0 Å². The van der Waals surface area contributed by atoms with Crippen LogP contribution in [0.5, 0.6) is 0 Å². The Bertz CT molecular complexity index is 525. The van der Waals surface area contributed by atoms with Crippen molar-refractivity contribution in [3.63, 3.8) is 0 Å². The van der Waals surface area contributed by atoms with Crippen molar-refractivity contribution in [3.8, 4) is 11.3 Å². The predicted molar refractivity (Wildman–Crippen MR) is 66.2 cm³/mol. The predicted octanol–water partition coefficient (Wildman–Crippen LogP) is 3.77. The number of halogens is 3. The normalized spacial score (nSPS) is 10.8. The van der Waals surface area contributed by atoms with Gasteiger partial charge in [0, 0.05) is 23.6 Å². The molecule has 2 rings (SSSR count). The van der Waals surface area contributed by atoms with E-state index in [1.807, 2.05) is 13.1 Å². The van der Waals surface area contributed by atoms with E-state index in [0.29, 0.717) is 0 Å². The molecule has 84 valence electrons. The van der Waals surface area contributed by atoms with Crippen LogP contribution < -0.4 is 0 Å². The average molecular weight is 304 g/mol. The van der Waals surface area contributed by atoms with Gasteiger partial charge < -0.3 is 0 Å². The van der Waals surface area contributed by atoms with Crippen LogP contribution in [0.2, 0.25) is 5.02 Å². The quantitative estimate of drug-likeness (QED) is 0.772. The topological polar surface area (TPSA) is 17.8 Å². The summed E-state index contributed by atoms with van der Waals surface area (Å²) in [5.41, 5.74) is 2.66. The lowest BCUT2D eigenvalue weighted by Crippen LogP contribution is -1.94. The summed E-state index contributed by atoms with van der Waals surface area (Å²) in [6.07, 6.45) is 0. The van der Waals surface area contributed by atoms with Gasteiger partial charge in [-0.25, -0.2) is 4.39 Å². The summed E-state index contributed by atoms with van der Waals surface area (Å²) in [6, 6.07) is 6.54. The van der Waals surface area contributed by atoms with E-state index < -0.39 is 5.82 Å². The van der Waals surface area contributed by atoms with Crippen LogP contribution in [0.1, 0.15) is 5.69 Å². The summed E-state index contributed by atoms with van der Waals surface area (Å²) in [5.74, 6) is -0.415. The van der Waals surface area contributed by atoms with Gasteiger partial charge in [0.2, 0.25) is 0 Å². The Hall–Kier alpha value is -0.870. The van der Waals surface area contributed by atoms with Gasteiger partial charge in [0.1, 0.15) is 5.82 Å². The average Bonchev–Trinajstić information content (AvgIpc) is 2.64. The van der Waals surface area contributed by atoms with Crippen LogP contribution >= 0.6 is 27.5 Å². The SMILES string of the molecule is Cn1nc(-c2ccc(F)c(Cl)c2)cc1CBr. The molecule has 5 heteroatoms. The van der Waals surface area contributed by atoms with E-state index in [9.17, 15) is 4.39 Å². The van der Waals surface area contributed by atoms with E-state index in [4.69, 9.17) is 11.6 Å². The van der Waals surface area contributed by atoms with Crippen LogP contribution in [0.15, 0.2) is 24.3 Å². The van der Waals surface area contributed by atoms with Crippen molar-refractivity contribution < 1.29 is 4.39 Å². The Morgan fingerprint density at radius 2 is 2.19 bits per heavy atom. The minimum Gasteiger partial charge on any atom is -0.271 e. The number of hydrogen-bond acceptors (Lipinski definition) is 1. The third kappa shape index (κ3) is 2.13. The molecule has 0 aliphatic carbocycles. The molecule has 0 N–H and O–H groups in total. The van der Waals surface area contributed by atoms with Crippen LogP contribution in [0.25, 0.3) is 11.3 Å². The molecule has 2 aromatic rings. The molecule has 0 radical (unpaired) electrons. The second-order valence-corrected chi connectivity index (χ2v) is 4.37. The fourth-order valence-electron chi connectivity index (χ4n) is 1.43. The van der Waals surface area contributed by atoms with Crippen molar-refractivity contribution >= 4 is 27.5 Å². The van der Waals surface area contributed by atoms with Gasteiger partial charge >= 0.3 is 0 Å². The fourth-order valence-corrected chi connectivity index (χ4v) is 2.13. The van der Waals surface area contributed by atoms with Crippen LogP contribution in [-0.2, 0) is 12.4 Å². The Balaban J connectivity index is 2.46. The molecule has 2 nitrogen and oxygen atoms in total. The molecule has 1 aromatic heterocycles. The maximum Gasteiger partial charge on any atom is 0.141 e. The zero-order valence-corrected chi connectivity index (χ0v) is 10.9. The molecule has 0 spiro atoms. The number of rotatable bonds is 2. The molecule has 0 aliphatic rings. The number of benzene rings is 1. The molecule has 0 fully saturated rings. The van der Waals surface area contributed by atoms with E-state index in [-0.39, 0.29) is 5.02 Å². The first-order chi connectivity index (χ1) is 7.61. The van der Waals surface area contributed by atoms with Crippen molar-refractivity contribution in [2.24, 2.45) is 7.05 Å². The van der Waals surface area contributed by atoms with E-state index >= 15 is 0 Å². The van der Waals surface area contributed by atoms with Gasteiger partial charge in [-0.2, -0.15) is 5.10 Å². The summed E-state index contributed by atoms with van der Waals surface area (Å²) >= 11 is 9.10. The molecule has 0 amide bonds. The second-order valence-electron chi connectivity index (χ2n) is 3.41. The van der Waals surface area contributed by atoms with E-state index in [1.54, 1.807) is 16.8 Å². The standard InChI is InChI=1S/C11H9BrClFN2/c1-16-8(6-12)5-11(15-16)7-2-3-10(14)9(13)4-7/h2-5H,6H2,1H3.